The molecule has 0 saturated heterocycles. The van der Waals surface area contributed by atoms with E-state index in [-0.39, 0.29) is 39.4 Å². The summed E-state index contributed by atoms with van der Waals surface area (Å²) in [5.74, 6) is -0.645. The van der Waals surface area contributed by atoms with Gasteiger partial charge in [0.15, 0.2) is 15.7 Å². The Balaban J connectivity index is 2.08. The summed E-state index contributed by atoms with van der Waals surface area (Å²) in [6.45, 7) is 1.33. The van der Waals surface area contributed by atoms with Gasteiger partial charge >= 0.3 is 6.18 Å². The van der Waals surface area contributed by atoms with E-state index < -0.39 is 27.1 Å². The Hall–Kier alpha value is -3.72. The maximum atomic E-state index is 13.1. The molecule has 0 aliphatic carbocycles. The van der Waals surface area contributed by atoms with Gasteiger partial charge in [-0.2, -0.15) is 28.2 Å². The van der Waals surface area contributed by atoms with Gasteiger partial charge in [-0.3, -0.25) is 4.79 Å². The Labute approximate surface area is 179 Å². The predicted molar refractivity (Wildman–Crippen MR) is 109 cm³/mol. The Morgan fingerprint density at radius 2 is 1.91 bits per heavy atom. The fraction of sp³-hybridized carbons (Fsp3) is 0.200. The fourth-order valence-corrected chi connectivity index (χ4v) is 4.32. The Kier molecular flexibility index (Phi) is 5.01. The third-order valence-corrected chi connectivity index (χ3v) is 6.69. The molecule has 3 aromatic heterocycles. The van der Waals surface area contributed by atoms with E-state index in [4.69, 9.17) is 5.26 Å². The summed E-state index contributed by atoms with van der Waals surface area (Å²) in [4.78, 5) is 17.1. The number of fused-ring (bicyclic) bond motifs is 2. The zero-order chi connectivity index (χ0) is 23.3. The van der Waals surface area contributed by atoms with Crippen LogP contribution in [-0.2, 0) is 22.6 Å². The molecule has 0 aliphatic heterocycles. The van der Waals surface area contributed by atoms with E-state index in [0.29, 0.717) is 16.1 Å². The number of nitriles is 1. The first-order chi connectivity index (χ1) is 15.1. The van der Waals surface area contributed by atoms with Crippen LogP contribution < -0.4 is 5.56 Å². The van der Waals surface area contributed by atoms with E-state index >= 15 is 0 Å². The fourth-order valence-electron chi connectivity index (χ4n) is 3.29. The SMILES string of the molecule is CCS(=O)(=O)c1cc2ccn(CC#N)c2nc1-n1ncc2ccc(C(F)(F)F)cc2c1=O. The summed E-state index contributed by atoms with van der Waals surface area (Å²) < 4.78 is 67.1. The molecule has 0 unspecified atom stereocenters. The summed E-state index contributed by atoms with van der Waals surface area (Å²) in [5.41, 5.74) is -1.74. The lowest BCUT2D eigenvalue weighted by Gasteiger charge is -2.12. The van der Waals surface area contributed by atoms with Crippen molar-refractivity contribution < 1.29 is 21.6 Å². The second-order valence-corrected chi connectivity index (χ2v) is 9.14. The van der Waals surface area contributed by atoms with Crippen LogP contribution in [0.3, 0.4) is 0 Å². The van der Waals surface area contributed by atoms with Gasteiger partial charge in [0.05, 0.1) is 29.0 Å². The van der Waals surface area contributed by atoms with E-state index in [1.165, 1.54) is 23.8 Å². The Morgan fingerprint density at radius 1 is 1.16 bits per heavy atom. The van der Waals surface area contributed by atoms with Crippen LogP contribution in [-0.4, -0.2) is 33.5 Å². The van der Waals surface area contributed by atoms with Gasteiger partial charge in [0.25, 0.3) is 5.56 Å². The number of alkyl halides is 3. The molecule has 12 heteroatoms. The van der Waals surface area contributed by atoms with Crippen molar-refractivity contribution in [2.45, 2.75) is 24.5 Å². The highest BCUT2D eigenvalue weighted by Crippen LogP contribution is 2.31. The van der Waals surface area contributed by atoms with E-state index in [9.17, 15) is 26.4 Å². The lowest BCUT2D eigenvalue weighted by atomic mass is 10.1. The first-order valence-electron chi connectivity index (χ1n) is 9.26. The topological polar surface area (TPSA) is 111 Å². The van der Waals surface area contributed by atoms with Gasteiger partial charge in [-0.1, -0.05) is 13.0 Å². The molecule has 0 spiro atoms. The monoisotopic (exact) mass is 461 g/mol. The van der Waals surface area contributed by atoms with E-state index in [0.717, 1.165) is 12.1 Å². The van der Waals surface area contributed by atoms with Crippen LogP contribution in [0.5, 0.6) is 0 Å². The molecule has 0 atom stereocenters. The summed E-state index contributed by atoms with van der Waals surface area (Å²) in [7, 11) is -3.89. The third-order valence-electron chi connectivity index (χ3n) is 4.96. The quantitative estimate of drug-likeness (QED) is 0.462. The van der Waals surface area contributed by atoms with Crippen LogP contribution in [0.15, 0.2) is 52.4 Å². The number of hydrogen-bond donors (Lipinski definition) is 0. The van der Waals surface area contributed by atoms with Crippen molar-refractivity contribution in [3.8, 4) is 11.9 Å². The van der Waals surface area contributed by atoms with Crippen molar-refractivity contribution in [2.24, 2.45) is 0 Å². The normalized spacial score (nSPS) is 12.3. The van der Waals surface area contributed by atoms with Crippen LogP contribution in [0.25, 0.3) is 27.6 Å². The standard InChI is InChI=1S/C20H14F3N5O3S/c1-2-32(30,31)16-9-12-5-7-27(8-6-24)17(12)26-18(16)28-19(29)15-10-14(20(21,22)23)4-3-13(15)11-25-28/h3-5,7,9-11H,2,8H2,1H3. The van der Waals surface area contributed by atoms with Crippen LogP contribution >= 0.6 is 0 Å². The van der Waals surface area contributed by atoms with Crippen molar-refractivity contribution in [2.75, 3.05) is 5.75 Å². The number of nitrogens with zero attached hydrogens (tertiary/aromatic N) is 5. The molecule has 3 heterocycles. The van der Waals surface area contributed by atoms with Crippen LogP contribution in [0.4, 0.5) is 13.2 Å². The van der Waals surface area contributed by atoms with Crippen molar-refractivity contribution >= 4 is 31.6 Å². The number of hydrogen-bond acceptors (Lipinski definition) is 6. The van der Waals surface area contributed by atoms with Crippen LogP contribution in [0.2, 0.25) is 0 Å². The maximum absolute atomic E-state index is 13.1. The van der Waals surface area contributed by atoms with Crippen LogP contribution in [0.1, 0.15) is 12.5 Å². The number of rotatable bonds is 4. The molecule has 0 amide bonds. The maximum Gasteiger partial charge on any atom is 0.416 e. The lowest BCUT2D eigenvalue weighted by molar-refractivity contribution is -0.137. The van der Waals surface area contributed by atoms with Crippen molar-refractivity contribution in [3.63, 3.8) is 0 Å². The molecule has 32 heavy (non-hydrogen) atoms. The first kappa shape index (κ1) is 21.5. The largest absolute Gasteiger partial charge is 0.416 e. The minimum absolute atomic E-state index is 0.0786. The Morgan fingerprint density at radius 3 is 2.56 bits per heavy atom. The van der Waals surface area contributed by atoms with Gasteiger partial charge in [-0.05, 0) is 24.3 Å². The molecular weight excluding hydrogens is 447 g/mol. The van der Waals surface area contributed by atoms with E-state index in [1.54, 1.807) is 12.3 Å². The third kappa shape index (κ3) is 3.50. The highest BCUT2D eigenvalue weighted by atomic mass is 32.2. The number of sulfone groups is 1. The number of pyridine rings is 1. The van der Waals surface area contributed by atoms with Gasteiger partial charge in [0.2, 0.25) is 0 Å². The molecule has 8 nitrogen and oxygen atoms in total. The van der Waals surface area contributed by atoms with Gasteiger partial charge in [0.1, 0.15) is 17.1 Å². The second-order valence-electron chi connectivity index (χ2n) is 6.89. The average Bonchev–Trinajstić information content (AvgIpc) is 3.14. The van der Waals surface area contributed by atoms with Crippen molar-refractivity contribution in [1.29, 1.82) is 5.26 Å². The molecule has 0 fully saturated rings. The number of halogens is 3. The molecule has 0 N–H and O–H groups in total. The summed E-state index contributed by atoms with van der Waals surface area (Å²) >= 11 is 0. The smallest absolute Gasteiger partial charge is 0.319 e. The second kappa shape index (κ2) is 7.45. The minimum Gasteiger partial charge on any atom is -0.319 e. The summed E-state index contributed by atoms with van der Waals surface area (Å²) in [6.07, 6.45) is -1.96. The average molecular weight is 461 g/mol. The highest BCUT2D eigenvalue weighted by molar-refractivity contribution is 7.91. The van der Waals surface area contributed by atoms with Crippen molar-refractivity contribution in [1.82, 2.24) is 19.3 Å². The molecular formula is C20H14F3N5O3S. The predicted octanol–water partition coefficient (Wildman–Crippen LogP) is 3.07. The highest BCUT2D eigenvalue weighted by Gasteiger charge is 2.31. The molecule has 0 bridgehead atoms. The molecule has 0 saturated carbocycles. The van der Waals surface area contributed by atoms with E-state index in [1.807, 2.05) is 6.07 Å². The van der Waals surface area contributed by atoms with Gasteiger partial charge in [-0.15, -0.1) is 0 Å². The molecule has 164 valence electrons. The molecule has 1 aromatic carbocycles. The number of aromatic nitrogens is 4. The molecule has 4 rings (SSSR count). The summed E-state index contributed by atoms with van der Waals surface area (Å²) in [5, 5.41) is 13.3. The zero-order valence-electron chi connectivity index (χ0n) is 16.5. The first-order valence-corrected chi connectivity index (χ1v) is 10.9. The summed E-state index contributed by atoms with van der Waals surface area (Å²) in [6, 6.07) is 7.48. The van der Waals surface area contributed by atoms with E-state index in [2.05, 4.69) is 10.1 Å². The van der Waals surface area contributed by atoms with Crippen LogP contribution in [0, 0.1) is 11.3 Å². The lowest BCUT2D eigenvalue weighted by Crippen LogP contribution is -2.25. The zero-order valence-corrected chi connectivity index (χ0v) is 17.3. The Bertz CT molecular complexity index is 1580. The molecule has 0 aliphatic rings. The van der Waals surface area contributed by atoms with Gasteiger partial charge in [-0.25, -0.2) is 13.4 Å². The van der Waals surface area contributed by atoms with Gasteiger partial charge in [0, 0.05) is 17.0 Å². The minimum atomic E-state index is -4.67. The number of benzene rings is 1. The molecule has 4 aromatic rings. The van der Waals surface area contributed by atoms with Gasteiger partial charge < -0.3 is 4.57 Å². The molecule has 0 radical (unpaired) electrons. The van der Waals surface area contributed by atoms with Crippen molar-refractivity contribution in [3.05, 3.63) is 58.6 Å².